The van der Waals surface area contributed by atoms with Crippen molar-refractivity contribution < 1.29 is 13.2 Å². The molecule has 3 heterocycles. The third-order valence-corrected chi connectivity index (χ3v) is 4.70. The predicted molar refractivity (Wildman–Crippen MR) is 118 cm³/mol. The lowest BCUT2D eigenvalue weighted by Gasteiger charge is -2.13. The Balaban J connectivity index is 1.51. The maximum absolute atomic E-state index is 12.9. The average Bonchev–Trinajstić information content (AvgIpc) is 3.32. The van der Waals surface area contributed by atoms with Crippen LogP contribution in [-0.4, -0.2) is 47.0 Å². The van der Waals surface area contributed by atoms with Gasteiger partial charge in [0.25, 0.3) is 0 Å². The number of nitrogens with one attached hydrogen (secondary N) is 3. The Hall–Kier alpha value is -3.89. The predicted octanol–water partition coefficient (Wildman–Crippen LogP) is 3.01. The van der Waals surface area contributed by atoms with Crippen LogP contribution >= 0.6 is 0 Å². The maximum atomic E-state index is 12.9. The average molecular weight is 442 g/mol. The zero-order valence-corrected chi connectivity index (χ0v) is 16.9. The Labute approximate surface area is 182 Å². The van der Waals surface area contributed by atoms with Gasteiger partial charge < -0.3 is 21.7 Å². The topological polar surface area (TPSA) is 113 Å². The van der Waals surface area contributed by atoms with Gasteiger partial charge in [-0.3, -0.25) is 4.99 Å². The van der Waals surface area contributed by atoms with Crippen molar-refractivity contribution in [3.8, 4) is 11.3 Å². The van der Waals surface area contributed by atoms with Gasteiger partial charge in [-0.15, -0.1) is 0 Å². The number of benzene rings is 1. The largest absolute Gasteiger partial charge is 0.416 e. The monoisotopic (exact) mass is 442 g/mol. The van der Waals surface area contributed by atoms with E-state index in [9.17, 15) is 13.2 Å². The van der Waals surface area contributed by atoms with Crippen LogP contribution in [0.4, 0.5) is 30.6 Å². The third kappa shape index (κ3) is 5.05. The molecule has 2 aromatic heterocycles. The summed E-state index contributed by atoms with van der Waals surface area (Å²) in [5.74, 6) is 1.67. The van der Waals surface area contributed by atoms with E-state index in [0.717, 1.165) is 12.1 Å². The van der Waals surface area contributed by atoms with Gasteiger partial charge in [-0.05, 0) is 24.3 Å². The molecule has 1 aliphatic heterocycles. The first-order chi connectivity index (χ1) is 15.4. The van der Waals surface area contributed by atoms with Gasteiger partial charge in [0.2, 0.25) is 5.95 Å². The number of alkyl halides is 3. The molecule has 5 N–H and O–H groups in total. The Morgan fingerprint density at radius 1 is 0.969 bits per heavy atom. The highest BCUT2D eigenvalue weighted by molar-refractivity contribution is 6.04. The van der Waals surface area contributed by atoms with Gasteiger partial charge in [0.1, 0.15) is 11.7 Å². The molecule has 0 spiro atoms. The van der Waals surface area contributed by atoms with Gasteiger partial charge in [-0.1, -0.05) is 12.1 Å². The van der Waals surface area contributed by atoms with E-state index in [1.54, 1.807) is 24.5 Å². The number of halogens is 3. The highest BCUT2D eigenvalue weighted by Gasteiger charge is 2.30. The van der Waals surface area contributed by atoms with E-state index >= 15 is 0 Å². The van der Waals surface area contributed by atoms with Gasteiger partial charge in [0, 0.05) is 31.4 Å². The molecule has 3 aromatic rings. The van der Waals surface area contributed by atoms with Gasteiger partial charge >= 0.3 is 6.18 Å². The standard InChI is InChI=1S/C21H21F3N8/c22-21(23,24)14-3-1-13(2-4-14)18-16(19-27-8-9-28-19)12-31-20(32-18)29-10-7-26-17-6-5-15(25)11-30-17/h1-6,11-12H,7-10,25H2,(H,26,30)(H,27,28)(H,29,31,32). The van der Waals surface area contributed by atoms with E-state index in [4.69, 9.17) is 5.73 Å². The smallest absolute Gasteiger partial charge is 0.397 e. The first-order valence-corrected chi connectivity index (χ1v) is 9.93. The lowest BCUT2D eigenvalue weighted by atomic mass is 10.0. The Morgan fingerprint density at radius 2 is 1.75 bits per heavy atom. The third-order valence-electron chi connectivity index (χ3n) is 4.70. The Morgan fingerprint density at radius 3 is 2.41 bits per heavy atom. The van der Waals surface area contributed by atoms with Gasteiger partial charge in [0.15, 0.2) is 0 Å². The number of nitrogens with zero attached hydrogens (tertiary/aromatic N) is 4. The van der Waals surface area contributed by atoms with Crippen molar-refractivity contribution in [2.24, 2.45) is 4.99 Å². The summed E-state index contributed by atoms with van der Waals surface area (Å²) in [7, 11) is 0. The molecular formula is C21H21F3N8. The molecule has 1 aliphatic rings. The molecule has 0 fully saturated rings. The zero-order chi connectivity index (χ0) is 22.6. The van der Waals surface area contributed by atoms with Crippen LogP contribution in [0.2, 0.25) is 0 Å². The second-order valence-corrected chi connectivity index (χ2v) is 7.02. The summed E-state index contributed by atoms with van der Waals surface area (Å²) in [5, 5.41) is 9.41. The van der Waals surface area contributed by atoms with Crippen molar-refractivity contribution in [2.45, 2.75) is 6.18 Å². The summed E-state index contributed by atoms with van der Waals surface area (Å²) >= 11 is 0. The number of hydrogen-bond donors (Lipinski definition) is 4. The van der Waals surface area contributed by atoms with Crippen molar-refractivity contribution in [3.63, 3.8) is 0 Å². The second kappa shape index (κ2) is 9.08. The highest BCUT2D eigenvalue weighted by atomic mass is 19.4. The van der Waals surface area contributed by atoms with Crippen LogP contribution in [0.25, 0.3) is 11.3 Å². The molecule has 0 unspecified atom stereocenters. The van der Waals surface area contributed by atoms with Crippen molar-refractivity contribution in [2.75, 3.05) is 42.5 Å². The summed E-state index contributed by atoms with van der Waals surface area (Å²) in [5.41, 5.74) is 7.16. The molecule has 32 heavy (non-hydrogen) atoms. The van der Waals surface area contributed by atoms with E-state index in [2.05, 4.69) is 35.9 Å². The van der Waals surface area contributed by atoms with Crippen LogP contribution in [-0.2, 0) is 6.18 Å². The van der Waals surface area contributed by atoms with Crippen molar-refractivity contribution in [1.82, 2.24) is 20.3 Å². The quantitative estimate of drug-likeness (QED) is 0.416. The summed E-state index contributed by atoms with van der Waals surface area (Å²) in [6.45, 7) is 2.35. The fourth-order valence-corrected chi connectivity index (χ4v) is 3.13. The zero-order valence-electron chi connectivity index (χ0n) is 16.9. The molecule has 8 nitrogen and oxygen atoms in total. The minimum atomic E-state index is -4.40. The maximum Gasteiger partial charge on any atom is 0.416 e. The van der Waals surface area contributed by atoms with Gasteiger partial charge in [0.05, 0.1) is 35.2 Å². The number of rotatable bonds is 7. The molecule has 0 bridgehead atoms. The normalized spacial score (nSPS) is 13.4. The number of anilines is 3. The first-order valence-electron chi connectivity index (χ1n) is 9.93. The lowest BCUT2D eigenvalue weighted by Crippen LogP contribution is -2.22. The number of pyridine rings is 1. The minimum Gasteiger partial charge on any atom is -0.397 e. The molecule has 11 heteroatoms. The Bertz CT molecular complexity index is 1100. The summed E-state index contributed by atoms with van der Waals surface area (Å²) in [6.07, 6.45) is -1.22. The number of aromatic nitrogens is 3. The van der Waals surface area contributed by atoms with Crippen LogP contribution in [0.3, 0.4) is 0 Å². The SMILES string of the molecule is Nc1ccc(NCCNc2ncc(C3=NCCN3)c(-c3ccc(C(F)(F)F)cc3)n2)nc1. The highest BCUT2D eigenvalue weighted by Crippen LogP contribution is 2.31. The summed E-state index contributed by atoms with van der Waals surface area (Å²) < 4.78 is 38.8. The molecule has 0 radical (unpaired) electrons. The molecule has 0 amide bonds. The van der Waals surface area contributed by atoms with Crippen LogP contribution in [0.5, 0.6) is 0 Å². The van der Waals surface area contributed by atoms with Crippen molar-refractivity contribution in [1.29, 1.82) is 0 Å². The lowest BCUT2D eigenvalue weighted by molar-refractivity contribution is -0.137. The molecule has 0 aliphatic carbocycles. The molecule has 1 aromatic carbocycles. The molecule has 0 saturated carbocycles. The van der Waals surface area contributed by atoms with E-state index in [1.165, 1.54) is 12.1 Å². The fourth-order valence-electron chi connectivity index (χ4n) is 3.13. The molecule has 166 valence electrons. The van der Waals surface area contributed by atoms with Crippen LogP contribution in [0, 0.1) is 0 Å². The summed E-state index contributed by atoms with van der Waals surface area (Å²) in [4.78, 5) is 17.4. The number of hydrogen-bond acceptors (Lipinski definition) is 8. The van der Waals surface area contributed by atoms with E-state index < -0.39 is 11.7 Å². The Kier molecular flexibility index (Phi) is 6.06. The number of nitrogen functional groups attached to an aromatic ring is 1. The minimum absolute atomic E-state index is 0.356. The van der Waals surface area contributed by atoms with E-state index in [0.29, 0.717) is 66.3 Å². The van der Waals surface area contributed by atoms with Crippen LogP contribution in [0.1, 0.15) is 11.1 Å². The van der Waals surface area contributed by atoms with Gasteiger partial charge in [-0.2, -0.15) is 13.2 Å². The van der Waals surface area contributed by atoms with Crippen LogP contribution < -0.4 is 21.7 Å². The molecule has 0 saturated heterocycles. The first kappa shape index (κ1) is 21.3. The van der Waals surface area contributed by atoms with Crippen molar-refractivity contribution >= 4 is 23.3 Å². The van der Waals surface area contributed by atoms with Gasteiger partial charge in [-0.25, -0.2) is 15.0 Å². The van der Waals surface area contributed by atoms with E-state index in [1.807, 2.05) is 0 Å². The number of aliphatic imine (C=N–C) groups is 1. The molecule has 0 atom stereocenters. The molecule has 4 rings (SSSR count). The van der Waals surface area contributed by atoms with Crippen LogP contribution in [0.15, 0.2) is 53.8 Å². The van der Waals surface area contributed by atoms with E-state index in [-0.39, 0.29) is 0 Å². The van der Waals surface area contributed by atoms with Crippen molar-refractivity contribution in [3.05, 3.63) is 59.9 Å². The molecular weight excluding hydrogens is 421 g/mol. The fraction of sp³-hybridized carbons (Fsp3) is 0.238. The number of nitrogens with two attached hydrogens (primary N) is 1. The summed E-state index contributed by atoms with van der Waals surface area (Å²) in [6, 6.07) is 8.42. The number of amidine groups is 1. The second-order valence-electron chi connectivity index (χ2n) is 7.02.